The normalized spacial score (nSPS) is 22.0. The van der Waals surface area contributed by atoms with E-state index in [2.05, 4.69) is 17.0 Å². The maximum atomic E-state index is 12.5. The highest BCUT2D eigenvalue weighted by Gasteiger charge is 2.52. The maximum absolute atomic E-state index is 12.5. The van der Waals surface area contributed by atoms with Gasteiger partial charge < -0.3 is 19.1 Å². The molecule has 0 aromatic heterocycles. The second-order valence-electron chi connectivity index (χ2n) is 6.96. The molecular weight excluding hydrogens is 308 g/mol. The van der Waals surface area contributed by atoms with Gasteiger partial charge in [0.1, 0.15) is 0 Å². The maximum Gasteiger partial charge on any atom is 0.231 e. The Morgan fingerprint density at radius 2 is 2.00 bits per heavy atom. The third-order valence-corrected chi connectivity index (χ3v) is 5.46. The van der Waals surface area contributed by atoms with E-state index in [1.54, 1.807) is 7.11 Å². The summed E-state index contributed by atoms with van der Waals surface area (Å²) in [6.07, 6.45) is 1.92. The molecule has 1 amide bonds. The molecule has 0 N–H and O–H groups in total. The average molecular weight is 332 g/mol. The first-order valence-electron chi connectivity index (χ1n) is 8.59. The Morgan fingerprint density at radius 3 is 2.75 bits per heavy atom. The number of benzene rings is 1. The SMILES string of the molecule is COCCN1CC2(CCN(Cc3ccc4c(c3)OCO4)CC2)C1=O. The summed E-state index contributed by atoms with van der Waals surface area (Å²) in [6, 6.07) is 6.14. The van der Waals surface area contributed by atoms with Crippen LogP contribution in [0.25, 0.3) is 0 Å². The molecule has 2 fully saturated rings. The minimum atomic E-state index is -0.0981. The van der Waals surface area contributed by atoms with Gasteiger partial charge in [0.15, 0.2) is 11.5 Å². The van der Waals surface area contributed by atoms with Crippen molar-refractivity contribution in [2.45, 2.75) is 19.4 Å². The zero-order chi connectivity index (χ0) is 16.6. The third-order valence-electron chi connectivity index (χ3n) is 5.46. The van der Waals surface area contributed by atoms with E-state index in [0.717, 1.165) is 57.1 Å². The van der Waals surface area contributed by atoms with Gasteiger partial charge in [0, 0.05) is 26.7 Å². The van der Waals surface area contributed by atoms with Crippen molar-refractivity contribution < 1.29 is 19.0 Å². The minimum Gasteiger partial charge on any atom is -0.454 e. The third kappa shape index (κ3) is 2.74. The quantitative estimate of drug-likeness (QED) is 0.765. The highest BCUT2D eigenvalue weighted by atomic mass is 16.7. The number of likely N-dealkylation sites (tertiary alicyclic amines) is 2. The van der Waals surface area contributed by atoms with E-state index in [1.165, 1.54) is 5.56 Å². The average Bonchev–Trinajstić information content (AvgIpc) is 3.07. The molecule has 0 bridgehead atoms. The first kappa shape index (κ1) is 15.7. The van der Waals surface area contributed by atoms with E-state index < -0.39 is 0 Å². The number of carbonyl (C=O) groups excluding carboxylic acids is 1. The topological polar surface area (TPSA) is 51.2 Å². The zero-order valence-corrected chi connectivity index (χ0v) is 14.1. The molecule has 24 heavy (non-hydrogen) atoms. The number of carbonyl (C=O) groups is 1. The van der Waals surface area contributed by atoms with Gasteiger partial charge in [-0.15, -0.1) is 0 Å². The fourth-order valence-electron chi connectivity index (χ4n) is 3.94. The van der Waals surface area contributed by atoms with E-state index >= 15 is 0 Å². The number of rotatable bonds is 5. The standard InChI is InChI=1S/C18H24N2O4/c1-22-9-8-20-12-18(17(20)21)4-6-19(7-5-18)11-14-2-3-15-16(10-14)24-13-23-15/h2-3,10H,4-9,11-13H2,1H3. The van der Waals surface area contributed by atoms with Crippen LogP contribution >= 0.6 is 0 Å². The van der Waals surface area contributed by atoms with Gasteiger partial charge in [-0.3, -0.25) is 9.69 Å². The summed E-state index contributed by atoms with van der Waals surface area (Å²) >= 11 is 0. The number of amides is 1. The van der Waals surface area contributed by atoms with Crippen molar-refractivity contribution in [2.24, 2.45) is 5.41 Å². The van der Waals surface area contributed by atoms with Crippen LogP contribution in [0.1, 0.15) is 18.4 Å². The Labute approximate surface area is 142 Å². The first-order chi connectivity index (χ1) is 11.7. The molecule has 3 aliphatic heterocycles. The predicted molar refractivity (Wildman–Crippen MR) is 88.0 cm³/mol. The van der Waals surface area contributed by atoms with Gasteiger partial charge in [0.05, 0.1) is 12.0 Å². The lowest BCUT2D eigenvalue weighted by atomic mass is 9.71. The van der Waals surface area contributed by atoms with Crippen LogP contribution < -0.4 is 9.47 Å². The van der Waals surface area contributed by atoms with Crippen LogP contribution in [-0.4, -0.2) is 62.4 Å². The summed E-state index contributed by atoms with van der Waals surface area (Å²) in [4.78, 5) is 16.8. The fourth-order valence-corrected chi connectivity index (χ4v) is 3.94. The van der Waals surface area contributed by atoms with Crippen molar-refractivity contribution in [3.05, 3.63) is 23.8 Å². The van der Waals surface area contributed by atoms with Crippen LogP contribution in [0.5, 0.6) is 11.5 Å². The predicted octanol–water partition coefficient (Wildman–Crippen LogP) is 1.49. The van der Waals surface area contributed by atoms with Gasteiger partial charge in [-0.25, -0.2) is 0 Å². The summed E-state index contributed by atoms with van der Waals surface area (Å²) in [6.45, 7) is 5.39. The number of piperidine rings is 1. The van der Waals surface area contributed by atoms with Crippen molar-refractivity contribution in [1.82, 2.24) is 9.80 Å². The van der Waals surface area contributed by atoms with Crippen molar-refractivity contribution in [1.29, 1.82) is 0 Å². The molecule has 0 atom stereocenters. The molecule has 1 spiro atoms. The van der Waals surface area contributed by atoms with E-state index in [-0.39, 0.29) is 5.41 Å². The monoisotopic (exact) mass is 332 g/mol. The van der Waals surface area contributed by atoms with Crippen molar-refractivity contribution in [2.75, 3.05) is 46.7 Å². The largest absolute Gasteiger partial charge is 0.454 e. The Morgan fingerprint density at radius 1 is 1.21 bits per heavy atom. The van der Waals surface area contributed by atoms with Crippen LogP contribution in [0.2, 0.25) is 0 Å². The summed E-state index contributed by atoms with van der Waals surface area (Å²) in [5.41, 5.74) is 1.14. The van der Waals surface area contributed by atoms with Gasteiger partial charge in [-0.1, -0.05) is 6.07 Å². The smallest absolute Gasteiger partial charge is 0.231 e. The summed E-state index contributed by atoms with van der Waals surface area (Å²) in [7, 11) is 1.68. The molecule has 3 heterocycles. The molecule has 2 saturated heterocycles. The lowest BCUT2D eigenvalue weighted by Gasteiger charge is -2.52. The van der Waals surface area contributed by atoms with Gasteiger partial charge in [0.25, 0.3) is 0 Å². The van der Waals surface area contributed by atoms with Crippen LogP contribution in [0.15, 0.2) is 18.2 Å². The van der Waals surface area contributed by atoms with Gasteiger partial charge in [-0.05, 0) is 43.6 Å². The molecule has 0 radical (unpaired) electrons. The van der Waals surface area contributed by atoms with Crippen molar-refractivity contribution in [3.8, 4) is 11.5 Å². The van der Waals surface area contributed by atoms with Crippen LogP contribution in [0, 0.1) is 5.41 Å². The van der Waals surface area contributed by atoms with Gasteiger partial charge in [0.2, 0.25) is 12.7 Å². The Bertz CT molecular complexity index is 625. The Hall–Kier alpha value is -1.79. The molecule has 4 rings (SSSR count). The van der Waals surface area contributed by atoms with Gasteiger partial charge >= 0.3 is 0 Å². The first-order valence-corrected chi connectivity index (χ1v) is 8.59. The Balaban J connectivity index is 1.30. The lowest BCUT2D eigenvalue weighted by molar-refractivity contribution is -0.166. The molecule has 6 heteroatoms. The Kier molecular flexibility index (Phi) is 4.10. The molecule has 0 unspecified atom stereocenters. The zero-order valence-electron chi connectivity index (χ0n) is 14.1. The summed E-state index contributed by atoms with van der Waals surface area (Å²) in [5, 5.41) is 0. The number of ether oxygens (including phenoxy) is 3. The number of hydrogen-bond acceptors (Lipinski definition) is 5. The van der Waals surface area contributed by atoms with Crippen LogP contribution in [0.4, 0.5) is 0 Å². The number of β-lactam (4-membered cyclic amide) rings is 1. The van der Waals surface area contributed by atoms with Crippen LogP contribution in [0.3, 0.4) is 0 Å². The molecule has 3 aliphatic rings. The number of fused-ring (bicyclic) bond motifs is 1. The molecule has 1 aromatic carbocycles. The highest BCUT2D eigenvalue weighted by molar-refractivity contribution is 5.89. The van der Waals surface area contributed by atoms with Crippen molar-refractivity contribution in [3.63, 3.8) is 0 Å². The summed E-state index contributed by atoms with van der Waals surface area (Å²) < 4.78 is 15.9. The molecule has 0 aliphatic carbocycles. The number of hydrogen-bond donors (Lipinski definition) is 0. The second kappa shape index (κ2) is 6.26. The van der Waals surface area contributed by atoms with E-state index in [0.29, 0.717) is 19.3 Å². The highest BCUT2D eigenvalue weighted by Crippen LogP contribution is 2.42. The number of nitrogens with zero attached hydrogens (tertiary/aromatic N) is 2. The molecule has 130 valence electrons. The van der Waals surface area contributed by atoms with Gasteiger partial charge in [-0.2, -0.15) is 0 Å². The number of methoxy groups -OCH3 is 1. The fraction of sp³-hybridized carbons (Fsp3) is 0.611. The van der Waals surface area contributed by atoms with E-state index in [1.807, 2.05) is 11.0 Å². The van der Waals surface area contributed by atoms with Crippen molar-refractivity contribution >= 4 is 5.91 Å². The second-order valence-corrected chi connectivity index (χ2v) is 6.96. The molecular formula is C18H24N2O4. The van der Waals surface area contributed by atoms with E-state index in [9.17, 15) is 4.79 Å². The molecule has 1 aromatic rings. The summed E-state index contributed by atoms with van der Waals surface area (Å²) in [5.74, 6) is 1.98. The van der Waals surface area contributed by atoms with Crippen LogP contribution in [-0.2, 0) is 16.1 Å². The van der Waals surface area contributed by atoms with E-state index in [4.69, 9.17) is 14.2 Å². The lowest BCUT2D eigenvalue weighted by Crippen LogP contribution is -2.65. The molecule has 0 saturated carbocycles. The molecule has 6 nitrogen and oxygen atoms in total. The minimum absolute atomic E-state index is 0.0981.